The van der Waals surface area contributed by atoms with Crippen molar-refractivity contribution in [2.75, 3.05) is 0 Å². The van der Waals surface area contributed by atoms with E-state index in [0.717, 1.165) is 12.8 Å². The molecule has 0 heteroatoms. The molecule has 0 aromatic heterocycles. The van der Waals surface area contributed by atoms with Gasteiger partial charge in [-0.05, 0) is 12.8 Å². The molecule has 0 rings (SSSR count). The van der Waals surface area contributed by atoms with Gasteiger partial charge in [0.15, 0.2) is 0 Å². The van der Waals surface area contributed by atoms with Crippen molar-refractivity contribution in [3.05, 3.63) is 25.3 Å². The van der Waals surface area contributed by atoms with Gasteiger partial charge in [-0.15, -0.1) is 13.2 Å². The van der Waals surface area contributed by atoms with Crippen molar-refractivity contribution in [1.29, 1.82) is 0 Å². The maximum absolute atomic E-state index is 3.48. The zero-order valence-electron chi connectivity index (χ0n) is 5.98. The Kier molecular flexibility index (Phi) is 45.5. The van der Waals surface area contributed by atoms with E-state index in [2.05, 4.69) is 27.0 Å². The summed E-state index contributed by atoms with van der Waals surface area (Å²) >= 11 is 0. The minimum absolute atomic E-state index is 0. The second kappa shape index (κ2) is 25.9. The highest BCUT2D eigenvalue weighted by Gasteiger charge is 1.45. The largest absolute Gasteiger partial charge is 0.103 e. The standard InChI is InChI=1S/2C4H8.CH4/c2*1-3-4-2;/h2*3H,1,4H2,2H3;1H4. The van der Waals surface area contributed by atoms with Crippen LogP contribution in [0.1, 0.15) is 34.1 Å². The first-order valence-corrected chi connectivity index (χ1v) is 3.05. The van der Waals surface area contributed by atoms with Crippen LogP contribution in [0.15, 0.2) is 25.3 Å². The van der Waals surface area contributed by atoms with Gasteiger partial charge in [0, 0.05) is 0 Å². The molecule has 0 heterocycles. The van der Waals surface area contributed by atoms with E-state index in [1.807, 2.05) is 12.2 Å². The Morgan fingerprint density at radius 2 is 1.11 bits per heavy atom. The monoisotopic (exact) mass is 128 g/mol. The van der Waals surface area contributed by atoms with Crippen molar-refractivity contribution >= 4 is 0 Å². The van der Waals surface area contributed by atoms with E-state index in [1.165, 1.54) is 0 Å². The first-order chi connectivity index (χ1) is 3.83. The zero-order valence-corrected chi connectivity index (χ0v) is 5.98. The molecular formula is C9H20. The number of allylic oxidation sites excluding steroid dienone is 2. The summed E-state index contributed by atoms with van der Waals surface area (Å²) in [6.07, 6.45) is 5.92. The van der Waals surface area contributed by atoms with Crippen LogP contribution < -0.4 is 0 Å². The molecule has 0 atom stereocenters. The van der Waals surface area contributed by atoms with Crippen LogP contribution in [0, 0.1) is 0 Å². The van der Waals surface area contributed by atoms with Crippen molar-refractivity contribution in [3.8, 4) is 0 Å². The molecule has 0 aliphatic rings. The lowest BCUT2D eigenvalue weighted by atomic mass is 10.5. The molecule has 0 bridgehead atoms. The number of rotatable bonds is 2. The summed E-state index contributed by atoms with van der Waals surface area (Å²) in [5.74, 6) is 0. The van der Waals surface area contributed by atoms with Gasteiger partial charge >= 0.3 is 0 Å². The molecule has 0 nitrogen and oxygen atoms in total. The van der Waals surface area contributed by atoms with E-state index in [1.54, 1.807) is 0 Å². The molecule has 9 heavy (non-hydrogen) atoms. The third-order valence-corrected chi connectivity index (χ3v) is 0.577. The predicted octanol–water partition coefficient (Wildman–Crippen LogP) is 3.80. The fourth-order valence-corrected chi connectivity index (χ4v) is 0. The van der Waals surface area contributed by atoms with E-state index in [4.69, 9.17) is 0 Å². The van der Waals surface area contributed by atoms with E-state index in [0.29, 0.717) is 0 Å². The van der Waals surface area contributed by atoms with Gasteiger partial charge < -0.3 is 0 Å². The molecule has 0 unspecified atom stereocenters. The van der Waals surface area contributed by atoms with Crippen molar-refractivity contribution in [2.24, 2.45) is 0 Å². The second-order valence-electron chi connectivity index (χ2n) is 1.39. The summed E-state index contributed by atoms with van der Waals surface area (Å²) < 4.78 is 0. The minimum atomic E-state index is 0. The highest BCUT2D eigenvalue weighted by atomic mass is 13.5. The number of hydrogen-bond donors (Lipinski definition) is 0. The Bertz CT molecular complexity index is 36.0. The average Bonchev–Trinajstić information content (AvgIpc) is 1.88. The first-order valence-electron chi connectivity index (χ1n) is 3.05. The van der Waals surface area contributed by atoms with Crippen LogP contribution in [-0.4, -0.2) is 0 Å². The lowest BCUT2D eigenvalue weighted by Crippen LogP contribution is -1.36. The molecule has 0 aromatic rings. The number of hydrogen-bond acceptors (Lipinski definition) is 0. The summed E-state index contributed by atoms with van der Waals surface area (Å²) in [6, 6.07) is 0. The average molecular weight is 128 g/mol. The fourth-order valence-electron chi connectivity index (χ4n) is 0. The Hall–Kier alpha value is -0.520. The van der Waals surface area contributed by atoms with Crippen molar-refractivity contribution in [2.45, 2.75) is 34.1 Å². The van der Waals surface area contributed by atoms with Crippen LogP contribution in [-0.2, 0) is 0 Å². The van der Waals surface area contributed by atoms with Crippen molar-refractivity contribution in [1.82, 2.24) is 0 Å². The van der Waals surface area contributed by atoms with Crippen LogP contribution in [0.4, 0.5) is 0 Å². The van der Waals surface area contributed by atoms with Crippen LogP contribution in [0.25, 0.3) is 0 Å². The third kappa shape index (κ3) is 103. The van der Waals surface area contributed by atoms with Gasteiger partial charge in [0.25, 0.3) is 0 Å². The third-order valence-electron chi connectivity index (χ3n) is 0.577. The molecule has 0 amide bonds. The zero-order chi connectivity index (χ0) is 6.83. The van der Waals surface area contributed by atoms with Gasteiger partial charge in [0.1, 0.15) is 0 Å². The molecule has 0 aliphatic heterocycles. The summed E-state index contributed by atoms with van der Waals surface area (Å²) in [5.41, 5.74) is 0. The Labute approximate surface area is 60.3 Å². The van der Waals surface area contributed by atoms with Gasteiger partial charge in [-0.2, -0.15) is 0 Å². The molecule has 0 aromatic carbocycles. The molecule has 0 radical (unpaired) electrons. The van der Waals surface area contributed by atoms with Gasteiger partial charge in [-0.3, -0.25) is 0 Å². The van der Waals surface area contributed by atoms with E-state index >= 15 is 0 Å². The quantitative estimate of drug-likeness (QED) is 0.496. The highest BCUT2D eigenvalue weighted by Crippen LogP contribution is 1.66. The molecule has 56 valence electrons. The summed E-state index contributed by atoms with van der Waals surface area (Å²) in [5, 5.41) is 0. The van der Waals surface area contributed by atoms with E-state index < -0.39 is 0 Å². The lowest BCUT2D eigenvalue weighted by molar-refractivity contribution is 1.23. The van der Waals surface area contributed by atoms with Crippen molar-refractivity contribution in [3.63, 3.8) is 0 Å². The molecule has 0 aliphatic carbocycles. The molecule has 0 fully saturated rings. The van der Waals surface area contributed by atoms with Crippen molar-refractivity contribution < 1.29 is 0 Å². The Morgan fingerprint density at radius 1 is 1.00 bits per heavy atom. The molecule has 0 saturated heterocycles. The van der Waals surface area contributed by atoms with Crippen LogP contribution in [0.5, 0.6) is 0 Å². The predicted molar refractivity (Wildman–Crippen MR) is 47.7 cm³/mol. The molecular weight excluding hydrogens is 108 g/mol. The highest BCUT2D eigenvalue weighted by molar-refractivity contribution is 4.60. The molecule has 0 N–H and O–H groups in total. The smallest absolute Gasteiger partial charge is 0.0382 e. The van der Waals surface area contributed by atoms with Crippen LogP contribution in [0.3, 0.4) is 0 Å². The second-order valence-corrected chi connectivity index (χ2v) is 1.39. The topological polar surface area (TPSA) is 0 Å². The normalized spacial score (nSPS) is 5.56. The van der Waals surface area contributed by atoms with E-state index in [-0.39, 0.29) is 7.43 Å². The van der Waals surface area contributed by atoms with E-state index in [9.17, 15) is 0 Å². The summed E-state index contributed by atoms with van der Waals surface area (Å²) in [7, 11) is 0. The molecule has 0 spiro atoms. The minimum Gasteiger partial charge on any atom is -0.103 e. The lowest BCUT2D eigenvalue weighted by Gasteiger charge is -1.57. The first kappa shape index (κ1) is 15.8. The van der Waals surface area contributed by atoms with Crippen LogP contribution >= 0.6 is 0 Å². The maximum atomic E-state index is 3.48. The van der Waals surface area contributed by atoms with Crippen LogP contribution in [0.2, 0.25) is 0 Å². The van der Waals surface area contributed by atoms with Gasteiger partial charge in [0.05, 0.1) is 0 Å². The fraction of sp³-hybridized carbons (Fsp3) is 0.556. The Morgan fingerprint density at radius 3 is 1.11 bits per heavy atom. The SMILES string of the molecule is C.C=CCC.C=CCC. The summed E-state index contributed by atoms with van der Waals surface area (Å²) in [6.45, 7) is 11.1. The van der Waals surface area contributed by atoms with Gasteiger partial charge in [-0.25, -0.2) is 0 Å². The van der Waals surface area contributed by atoms with Gasteiger partial charge in [0.2, 0.25) is 0 Å². The molecule has 0 saturated carbocycles. The Balaban J connectivity index is -0.0000000720. The summed E-state index contributed by atoms with van der Waals surface area (Å²) in [4.78, 5) is 0. The van der Waals surface area contributed by atoms with Gasteiger partial charge in [-0.1, -0.05) is 33.4 Å². The maximum Gasteiger partial charge on any atom is -0.0382 e.